The summed E-state index contributed by atoms with van der Waals surface area (Å²) in [7, 11) is 0. The Kier molecular flexibility index (Phi) is 73.8. The Morgan fingerprint density at radius 1 is 0.318 bits per heavy atom. The lowest BCUT2D eigenvalue weighted by Gasteiger charge is -2.22. The fourth-order valence-electron chi connectivity index (χ4n) is 12.8. The summed E-state index contributed by atoms with van der Waals surface area (Å²) in [5.41, 5.74) is 0. The summed E-state index contributed by atoms with van der Waals surface area (Å²) in [6.07, 6.45) is 94.5. The fraction of sp³-hybridized carbons (Fsp3) is 0.949. The Morgan fingerprint density at radius 2 is 0.553 bits per heavy atom. The molecular weight excluding hydrogens is 1040 g/mol. The van der Waals surface area contributed by atoms with Crippen LogP contribution < -0.4 is 5.32 Å². The van der Waals surface area contributed by atoms with Crippen molar-refractivity contribution >= 4 is 11.9 Å². The molecule has 0 saturated heterocycles. The van der Waals surface area contributed by atoms with Crippen molar-refractivity contribution in [3.8, 4) is 0 Å². The van der Waals surface area contributed by atoms with Crippen molar-refractivity contribution in [3.63, 3.8) is 0 Å². The van der Waals surface area contributed by atoms with Crippen molar-refractivity contribution in [2.75, 3.05) is 13.2 Å². The molecule has 1 amide bonds. The van der Waals surface area contributed by atoms with E-state index in [0.717, 1.165) is 38.5 Å². The lowest BCUT2D eigenvalue weighted by atomic mass is 10.0. The highest BCUT2D eigenvalue weighted by Gasteiger charge is 2.20. The van der Waals surface area contributed by atoms with Crippen LogP contribution in [0, 0.1) is 0 Å². The van der Waals surface area contributed by atoms with E-state index in [1.807, 2.05) is 0 Å². The number of allylic oxidation sites excluding steroid dienone is 2. The topological polar surface area (TPSA) is 95.9 Å². The van der Waals surface area contributed by atoms with Crippen LogP contribution in [0.2, 0.25) is 0 Å². The predicted molar refractivity (Wildman–Crippen MR) is 375 cm³/mol. The van der Waals surface area contributed by atoms with E-state index in [2.05, 4.69) is 31.3 Å². The van der Waals surface area contributed by atoms with Crippen molar-refractivity contribution in [3.05, 3.63) is 12.2 Å². The first-order valence-corrected chi connectivity index (χ1v) is 39.4. The number of rotatable bonds is 75. The Balaban J connectivity index is 3.30. The van der Waals surface area contributed by atoms with Crippen molar-refractivity contribution < 1.29 is 24.5 Å². The molecule has 0 saturated carbocycles. The summed E-state index contributed by atoms with van der Waals surface area (Å²) in [6, 6.07) is -0.538. The minimum absolute atomic E-state index is 0.0221. The molecular formula is C79H155NO5. The van der Waals surface area contributed by atoms with E-state index >= 15 is 0 Å². The zero-order chi connectivity index (χ0) is 61.3. The van der Waals surface area contributed by atoms with E-state index in [-0.39, 0.29) is 18.5 Å². The molecule has 0 aromatic heterocycles. The Labute approximate surface area is 533 Å². The third kappa shape index (κ3) is 71.6. The second-order valence-electron chi connectivity index (χ2n) is 27.4. The molecule has 0 fully saturated rings. The summed E-state index contributed by atoms with van der Waals surface area (Å²) in [5, 5.41) is 23.4. The molecule has 2 unspecified atom stereocenters. The number of amides is 1. The van der Waals surface area contributed by atoms with Gasteiger partial charge in [0.2, 0.25) is 5.91 Å². The molecule has 506 valence electrons. The lowest BCUT2D eigenvalue weighted by molar-refractivity contribution is -0.143. The van der Waals surface area contributed by atoms with Gasteiger partial charge >= 0.3 is 5.97 Å². The molecule has 6 nitrogen and oxygen atoms in total. The van der Waals surface area contributed by atoms with Crippen molar-refractivity contribution in [1.29, 1.82) is 0 Å². The Hall–Kier alpha value is -1.40. The lowest BCUT2D eigenvalue weighted by Crippen LogP contribution is -2.45. The van der Waals surface area contributed by atoms with Crippen LogP contribution in [-0.4, -0.2) is 47.4 Å². The van der Waals surface area contributed by atoms with E-state index in [1.54, 1.807) is 0 Å². The number of esters is 1. The normalized spacial score (nSPS) is 12.5. The zero-order valence-electron chi connectivity index (χ0n) is 58.1. The van der Waals surface area contributed by atoms with Gasteiger partial charge in [-0.2, -0.15) is 0 Å². The molecule has 0 aromatic carbocycles. The van der Waals surface area contributed by atoms with Gasteiger partial charge in [-0.1, -0.05) is 405 Å². The summed E-state index contributed by atoms with van der Waals surface area (Å²) in [5.74, 6) is -0.00373. The van der Waals surface area contributed by atoms with Gasteiger partial charge < -0.3 is 20.3 Å². The highest BCUT2D eigenvalue weighted by atomic mass is 16.5. The van der Waals surface area contributed by atoms with Gasteiger partial charge in [-0.05, 0) is 51.4 Å². The monoisotopic (exact) mass is 1200 g/mol. The molecule has 0 rings (SSSR count). The van der Waals surface area contributed by atoms with Crippen molar-refractivity contribution in [2.45, 2.75) is 469 Å². The number of nitrogens with one attached hydrogen (secondary N) is 1. The number of carbonyl (C=O) groups is 2. The molecule has 0 aliphatic heterocycles. The van der Waals surface area contributed by atoms with Crippen LogP contribution in [0.15, 0.2) is 12.2 Å². The van der Waals surface area contributed by atoms with Gasteiger partial charge in [0, 0.05) is 12.8 Å². The molecule has 85 heavy (non-hydrogen) atoms. The van der Waals surface area contributed by atoms with Gasteiger partial charge in [0.05, 0.1) is 25.4 Å². The number of aliphatic hydroxyl groups excluding tert-OH is 2. The van der Waals surface area contributed by atoms with Gasteiger partial charge in [-0.15, -0.1) is 0 Å². The van der Waals surface area contributed by atoms with Gasteiger partial charge in [-0.25, -0.2) is 0 Å². The fourth-order valence-corrected chi connectivity index (χ4v) is 12.8. The average molecular weight is 1200 g/mol. The summed E-state index contributed by atoms with van der Waals surface area (Å²) in [4.78, 5) is 24.7. The second-order valence-corrected chi connectivity index (χ2v) is 27.4. The summed E-state index contributed by atoms with van der Waals surface area (Å²) < 4.78 is 5.52. The molecule has 0 bridgehead atoms. The number of unbranched alkanes of at least 4 members (excludes halogenated alkanes) is 62. The van der Waals surface area contributed by atoms with Crippen LogP contribution in [0.3, 0.4) is 0 Å². The van der Waals surface area contributed by atoms with Gasteiger partial charge in [0.25, 0.3) is 0 Å². The van der Waals surface area contributed by atoms with E-state index in [9.17, 15) is 19.8 Å². The zero-order valence-corrected chi connectivity index (χ0v) is 58.1. The van der Waals surface area contributed by atoms with Crippen molar-refractivity contribution in [2.24, 2.45) is 0 Å². The number of ether oxygens (including phenoxy) is 1. The van der Waals surface area contributed by atoms with Gasteiger partial charge in [0.15, 0.2) is 0 Å². The maximum Gasteiger partial charge on any atom is 0.305 e. The van der Waals surface area contributed by atoms with E-state index in [0.29, 0.717) is 25.9 Å². The van der Waals surface area contributed by atoms with E-state index < -0.39 is 12.1 Å². The maximum absolute atomic E-state index is 12.5. The highest BCUT2D eigenvalue weighted by Crippen LogP contribution is 2.20. The Bertz CT molecular complexity index is 1290. The Morgan fingerprint density at radius 3 is 0.835 bits per heavy atom. The number of hydrogen-bond donors (Lipinski definition) is 3. The molecule has 0 aromatic rings. The van der Waals surface area contributed by atoms with Crippen LogP contribution in [0.4, 0.5) is 0 Å². The molecule has 0 spiro atoms. The molecule has 0 heterocycles. The third-order valence-electron chi connectivity index (χ3n) is 18.8. The van der Waals surface area contributed by atoms with Crippen molar-refractivity contribution in [1.82, 2.24) is 5.32 Å². The summed E-state index contributed by atoms with van der Waals surface area (Å²) >= 11 is 0. The van der Waals surface area contributed by atoms with Crippen LogP contribution in [0.5, 0.6) is 0 Å². The predicted octanol–water partition coefficient (Wildman–Crippen LogP) is 25.9. The maximum atomic E-state index is 12.5. The summed E-state index contributed by atoms with van der Waals surface area (Å²) in [6.45, 7) is 5.00. The largest absolute Gasteiger partial charge is 0.466 e. The van der Waals surface area contributed by atoms with Crippen LogP contribution >= 0.6 is 0 Å². The molecule has 6 heteroatoms. The number of hydrogen-bond acceptors (Lipinski definition) is 5. The average Bonchev–Trinajstić information content (AvgIpc) is 3.51. The first-order valence-electron chi connectivity index (χ1n) is 39.4. The first-order chi connectivity index (χ1) is 42.0. The van der Waals surface area contributed by atoms with Crippen LogP contribution in [0.25, 0.3) is 0 Å². The molecule has 0 radical (unpaired) electrons. The second kappa shape index (κ2) is 75.1. The smallest absolute Gasteiger partial charge is 0.305 e. The quantitative estimate of drug-likeness (QED) is 0.0320. The molecule has 0 aliphatic carbocycles. The minimum Gasteiger partial charge on any atom is -0.466 e. The number of aliphatic hydroxyl groups is 2. The number of carbonyl (C=O) groups excluding carboxylic acids is 2. The van der Waals surface area contributed by atoms with Crippen LogP contribution in [0.1, 0.15) is 457 Å². The van der Waals surface area contributed by atoms with Gasteiger partial charge in [0.1, 0.15) is 0 Å². The molecule has 0 aliphatic rings. The first kappa shape index (κ1) is 83.6. The van der Waals surface area contributed by atoms with Crippen LogP contribution in [-0.2, 0) is 14.3 Å². The van der Waals surface area contributed by atoms with Gasteiger partial charge in [-0.3, -0.25) is 9.59 Å². The SMILES string of the molecule is CCCCCCCC/C=C\CCCCCCCCCCCC(=O)OCCCCCCCCCCCCCCCCCCCCCCCCCCCCCCCCCCC(=O)NC(CO)C(O)CCCCCCCCCCCCCCCCCCC. The van der Waals surface area contributed by atoms with E-state index in [4.69, 9.17) is 4.74 Å². The minimum atomic E-state index is -0.661. The standard InChI is InChI=1S/C79H155NO5/c1-3-5-7-9-11-13-15-17-19-21-36-41-45-49-53-57-61-65-69-73-79(84)85-74-70-66-62-58-54-50-46-42-38-35-33-31-29-27-25-23-22-24-26-28-30-32-34-37-40-44-48-52-56-60-64-68-72-78(83)80-76(75-81)77(82)71-67-63-59-55-51-47-43-39-20-18-16-14-12-10-8-6-4-2/h17,19,76-77,81-82H,3-16,18,20-75H2,1-2H3,(H,80,83)/b19-17-. The molecule has 3 N–H and O–H groups in total. The molecule has 2 atom stereocenters. The van der Waals surface area contributed by atoms with E-state index in [1.165, 1.54) is 385 Å². The highest BCUT2D eigenvalue weighted by molar-refractivity contribution is 5.76. The third-order valence-corrected chi connectivity index (χ3v) is 18.8.